The highest BCUT2D eigenvalue weighted by Crippen LogP contribution is 2.32. The van der Waals surface area contributed by atoms with E-state index in [0.29, 0.717) is 27.9 Å². The van der Waals surface area contributed by atoms with Gasteiger partial charge in [-0.05, 0) is 43.3 Å². The van der Waals surface area contributed by atoms with E-state index in [-0.39, 0.29) is 6.79 Å². The summed E-state index contributed by atoms with van der Waals surface area (Å²) in [7, 11) is 0. The average Bonchev–Trinajstić information content (AvgIpc) is 3.14. The molecule has 9 heteroatoms. The number of carbonyl (C=O) groups is 2. The van der Waals surface area contributed by atoms with Crippen LogP contribution in [0.2, 0.25) is 5.02 Å². The topological polar surface area (TPSA) is 95.5 Å². The van der Waals surface area contributed by atoms with Crippen LogP contribution in [0.4, 0.5) is 5.69 Å². The predicted octanol–water partition coefficient (Wildman–Crippen LogP) is 2.99. The molecule has 1 amide bonds. The number of carbonyl (C=O) groups excluding carboxylic acids is 2. The Balaban J connectivity index is 1.41. The van der Waals surface area contributed by atoms with Crippen molar-refractivity contribution in [3.05, 3.63) is 53.1 Å². The summed E-state index contributed by atoms with van der Waals surface area (Å²) in [6.07, 6.45) is 0. The maximum absolute atomic E-state index is 11.8. The highest BCUT2D eigenvalue weighted by Gasteiger charge is 2.14. The van der Waals surface area contributed by atoms with Gasteiger partial charge in [0.15, 0.2) is 18.1 Å². The van der Waals surface area contributed by atoms with Crippen LogP contribution >= 0.6 is 11.6 Å². The molecule has 0 atom stereocenters. The Bertz CT molecular complexity index is 915. The second-order valence-corrected chi connectivity index (χ2v) is 6.17. The van der Waals surface area contributed by atoms with Crippen molar-refractivity contribution in [1.29, 1.82) is 0 Å². The summed E-state index contributed by atoms with van der Waals surface area (Å²) in [5, 5.41) is 6.92. The Kier molecular flexibility index (Phi) is 6.33. The number of hydrogen-bond donors (Lipinski definition) is 1. The molecule has 0 bridgehead atoms. The molecule has 0 saturated carbocycles. The molecule has 0 fully saturated rings. The Hall–Kier alpha value is -3.26. The van der Waals surface area contributed by atoms with Crippen LogP contribution in [0.5, 0.6) is 11.5 Å². The fourth-order valence-electron chi connectivity index (χ4n) is 2.31. The van der Waals surface area contributed by atoms with E-state index >= 15 is 0 Å². The predicted molar refractivity (Wildman–Crippen MR) is 102 cm³/mol. The fraction of sp³-hybridized carbons (Fsp3) is 0.211. The number of ether oxygens (including phenoxy) is 3. The number of esters is 1. The molecular formula is C19H17ClN2O6. The minimum absolute atomic E-state index is 0.183. The van der Waals surface area contributed by atoms with Crippen molar-refractivity contribution < 1.29 is 28.6 Å². The summed E-state index contributed by atoms with van der Waals surface area (Å²) in [5.41, 5.74) is 1.82. The molecule has 0 unspecified atom stereocenters. The third-order valence-electron chi connectivity index (χ3n) is 3.65. The van der Waals surface area contributed by atoms with Crippen LogP contribution in [-0.4, -0.2) is 37.6 Å². The van der Waals surface area contributed by atoms with Gasteiger partial charge in [-0.1, -0.05) is 22.8 Å². The normalized spacial score (nSPS) is 12.4. The first-order chi connectivity index (χ1) is 13.5. The summed E-state index contributed by atoms with van der Waals surface area (Å²) in [5.74, 6) is 0.0772. The highest BCUT2D eigenvalue weighted by atomic mass is 35.5. The minimum atomic E-state index is -0.719. The monoisotopic (exact) mass is 404 g/mol. The van der Waals surface area contributed by atoms with Gasteiger partial charge in [-0.15, -0.1) is 0 Å². The molecule has 2 aromatic rings. The van der Waals surface area contributed by atoms with Gasteiger partial charge in [0, 0.05) is 16.3 Å². The molecule has 3 rings (SSSR count). The number of hydrogen-bond acceptors (Lipinski definition) is 7. The molecule has 1 heterocycles. The first-order valence-corrected chi connectivity index (χ1v) is 8.66. The Morgan fingerprint density at radius 1 is 1.14 bits per heavy atom. The van der Waals surface area contributed by atoms with E-state index in [4.69, 9.17) is 30.6 Å². The van der Waals surface area contributed by atoms with E-state index in [1.165, 1.54) is 0 Å². The van der Waals surface area contributed by atoms with Gasteiger partial charge in [0.2, 0.25) is 13.4 Å². The van der Waals surface area contributed by atoms with E-state index < -0.39 is 25.1 Å². The second kappa shape index (κ2) is 9.09. The molecule has 146 valence electrons. The van der Waals surface area contributed by atoms with Gasteiger partial charge in [-0.25, -0.2) is 4.79 Å². The van der Waals surface area contributed by atoms with Gasteiger partial charge in [0.25, 0.3) is 5.91 Å². The number of anilines is 1. The number of nitrogens with zero attached hydrogens (tertiary/aromatic N) is 1. The van der Waals surface area contributed by atoms with Gasteiger partial charge in [0.05, 0.1) is 5.71 Å². The zero-order chi connectivity index (χ0) is 19.9. The lowest BCUT2D eigenvalue weighted by Crippen LogP contribution is -2.22. The Morgan fingerprint density at radius 2 is 1.96 bits per heavy atom. The van der Waals surface area contributed by atoms with Crippen molar-refractivity contribution in [3.8, 4) is 11.5 Å². The summed E-state index contributed by atoms with van der Waals surface area (Å²) in [6.45, 7) is 1.04. The van der Waals surface area contributed by atoms with Gasteiger partial charge in [-0.3, -0.25) is 4.79 Å². The lowest BCUT2D eigenvalue weighted by molar-refractivity contribution is -0.151. The number of halogens is 1. The number of nitrogens with one attached hydrogen (secondary N) is 1. The van der Waals surface area contributed by atoms with Crippen molar-refractivity contribution in [2.75, 3.05) is 25.3 Å². The number of amides is 1. The quantitative estimate of drug-likeness (QED) is 0.433. The van der Waals surface area contributed by atoms with E-state index in [1.807, 2.05) is 0 Å². The molecule has 1 aliphatic rings. The van der Waals surface area contributed by atoms with Crippen LogP contribution in [0.25, 0.3) is 0 Å². The van der Waals surface area contributed by atoms with E-state index in [2.05, 4.69) is 10.5 Å². The minimum Gasteiger partial charge on any atom is -0.454 e. The van der Waals surface area contributed by atoms with Crippen LogP contribution in [0.15, 0.2) is 47.6 Å². The summed E-state index contributed by atoms with van der Waals surface area (Å²) >= 11 is 5.83. The molecule has 0 aromatic heterocycles. The summed E-state index contributed by atoms with van der Waals surface area (Å²) < 4.78 is 15.4. The summed E-state index contributed by atoms with van der Waals surface area (Å²) in [6, 6.07) is 12.0. The molecule has 1 aliphatic heterocycles. The Labute approximate surface area is 166 Å². The van der Waals surface area contributed by atoms with Crippen LogP contribution in [0.1, 0.15) is 12.5 Å². The summed E-state index contributed by atoms with van der Waals surface area (Å²) in [4.78, 5) is 28.4. The zero-order valence-electron chi connectivity index (χ0n) is 14.9. The highest BCUT2D eigenvalue weighted by molar-refractivity contribution is 6.30. The molecule has 0 radical (unpaired) electrons. The van der Waals surface area contributed by atoms with Gasteiger partial charge < -0.3 is 24.4 Å². The van der Waals surface area contributed by atoms with Crippen molar-refractivity contribution in [2.24, 2.45) is 5.16 Å². The first kappa shape index (κ1) is 19.5. The van der Waals surface area contributed by atoms with Crippen molar-refractivity contribution in [3.63, 3.8) is 0 Å². The van der Waals surface area contributed by atoms with Gasteiger partial charge >= 0.3 is 5.97 Å². The number of fused-ring (bicyclic) bond motifs is 1. The molecule has 28 heavy (non-hydrogen) atoms. The number of rotatable bonds is 7. The lowest BCUT2D eigenvalue weighted by atomic mass is 10.1. The van der Waals surface area contributed by atoms with E-state index in [9.17, 15) is 9.59 Å². The smallest absolute Gasteiger partial charge is 0.347 e. The van der Waals surface area contributed by atoms with Crippen LogP contribution in [-0.2, 0) is 19.2 Å². The third kappa shape index (κ3) is 5.37. The first-order valence-electron chi connectivity index (χ1n) is 8.29. The molecule has 1 N–H and O–H groups in total. The second-order valence-electron chi connectivity index (χ2n) is 5.74. The fourth-order valence-corrected chi connectivity index (χ4v) is 2.50. The standard InChI is InChI=1S/C19H17ClN2O6/c1-12(13-5-6-16-17(7-13)27-11-26-16)22-28-10-19(24)25-9-18(23)21-15-4-2-3-14(20)8-15/h2-8H,9-11H2,1H3,(H,21,23)/b22-12-. The van der Waals surface area contributed by atoms with Gasteiger partial charge in [0.1, 0.15) is 0 Å². The van der Waals surface area contributed by atoms with E-state index in [1.54, 1.807) is 49.4 Å². The van der Waals surface area contributed by atoms with Crippen LogP contribution in [0.3, 0.4) is 0 Å². The largest absolute Gasteiger partial charge is 0.454 e. The SMILES string of the molecule is C/C(=N/OCC(=O)OCC(=O)Nc1cccc(Cl)c1)c1ccc2c(c1)OCO2. The van der Waals surface area contributed by atoms with Crippen LogP contribution < -0.4 is 14.8 Å². The Morgan fingerprint density at radius 3 is 2.79 bits per heavy atom. The number of benzene rings is 2. The van der Waals surface area contributed by atoms with Crippen molar-refractivity contribution >= 4 is 34.9 Å². The molecule has 0 spiro atoms. The average molecular weight is 405 g/mol. The maximum Gasteiger partial charge on any atom is 0.347 e. The molecule has 0 aliphatic carbocycles. The molecule has 2 aromatic carbocycles. The molecule has 8 nitrogen and oxygen atoms in total. The molecule has 0 saturated heterocycles. The third-order valence-corrected chi connectivity index (χ3v) is 3.88. The van der Waals surface area contributed by atoms with Crippen LogP contribution in [0, 0.1) is 0 Å². The molecular weight excluding hydrogens is 388 g/mol. The van der Waals surface area contributed by atoms with Gasteiger partial charge in [-0.2, -0.15) is 0 Å². The maximum atomic E-state index is 11.8. The van der Waals surface area contributed by atoms with Crippen molar-refractivity contribution in [1.82, 2.24) is 0 Å². The number of oxime groups is 1. The van der Waals surface area contributed by atoms with E-state index in [0.717, 1.165) is 5.56 Å². The zero-order valence-corrected chi connectivity index (χ0v) is 15.7. The van der Waals surface area contributed by atoms with Crippen molar-refractivity contribution in [2.45, 2.75) is 6.92 Å². The lowest BCUT2D eigenvalue weighted by Gasteiger charge is -2.07.